The van der Waals surface area contributed by atoms with Gasteiger partial charge in [-0.1, -0.05) is 23.7 Å². The van der Waals surface area contributed by atoms with Crippen LogP contribution < -0.4 is 5.73 Å². The fourth-order valence-corrected chi connectivity index (χ4v) is 2.01. The van der Waals surface area contributed by atoms with Crippen LogP contribution in [-0.4, -0.2) is 5.97 Å². The molecule has 0 spiro atoms. The number of esters is 1. The summed E-state index contributed by atoms with van der Waals surface area (Å²) in [4.78, 5) is 11.8. The van der Waals surface area contributed by atoms with E-state index in [-0.39, 0.29) is 6.61 Å². The summed E-state index contributed by atoms with van der Waals surface area (Å²) in [5.41, 5.74) is 7.36. The van der Waals surface area contributed by atoms with E-state index in [0.29, 0.717) is 16.3 Å². The van der Waals surface area contributed by atoms with Gasteiger partial charge in [-0.15, -0.1) is 0 Å². The first-order valence-electron chi connectivity index (χ1n) is 5.53. The van der Waals surface area contributed by atoms with Crippen molar-refractivity contribution in [3.63, 3.8) is 0 Å². The Morgan fingerprint density at radius 1 is 1.21 bits per heavy atom. The van der Waals surface area contributed by atoms with E-state index >= 15 is 0 Å². The number of carbonyl (C=O) groups excluding carboxylic acids is 1. The van der Waals surface area contributed by atoms with Gasteiger partial charge in [-0.05, 0) is 58.5 Å². The van der Waals surface area contributed by atoms with E-state index < -0.39 is 5.97 Å². The Kier molecular flexibility index (Phi) is 4.66. The molecule has 2 rings (SSSR count). The second kappa shape index (κ2) is 6.25. The molecule has 2 aromatic carbocycles. The van der Waals surface area contributed by atoms with Crippen molar-refractivity contribution >= 4 is 45.8 Å². The van der Waals surface area contributed by atoms with Gasteiger partial charge >= 0.3 is 5.97 Å². The number of ether oxygens (including phenoxy) is 1. The predicted octanol–water partition coefficient (Wildman–Crippen LogP) is 3.88. The fourth-order valence-electron chi connectivity index (χ4n) is 1.47. The largest absolute Gasteiger partial charge is 0.457 e. The van der Waals surface area contributed by atoms with Crippen molar-refractivity contribution in [2.24, 2.45) is 0 Å². The van der Waals surface area contributed by atoms with Crippen LogP contribution in [-0.2, 0) is 11.3 Å². The van der Waals surface area contributed by atoms with Crippen molar-refractivity contribution < 1.29 is 9.53 Å². The summed E-state index contributed by atoms with van der Waals surface area (Å²) in [5, 5.41) is 0.351. The zero-order valence-corrected chi connectivity index (χ0v) is 12.8. The first kappa shape index (κ1) is 14.1. The lowest BCUT2D eigenvalue weighted by Gasteiger charge is -2.06. The van der Waals surface area contributed by atoms with Gasteiger partial charge < -0.3 is 10.5 Å². The number of nitrogen functional groups attached to an aromatic ring is 1. The van der Waals surface area contributed by atoms with Crippen LogP contribution in [0.3, 0.4) is 0 Å². The Morgan fingerprint density at radius 2 is 1.89 bits per heavy atom. The molecule has 2 aromatic rings. The van der Waals surface area contributed by atoms with Gasteiger partial charge in [0.1, 0.15) is 6.61 Å². The molecule has 0 heterocycles. The summed E-state index contributed by atoms with van der Waals surface area (Å²) in [6, 6.07) is 12.5. The number of benzene rings is 2. The predicted molar refractivity (Wildman–Crippen MR) is 84.1 cm³/mol. The average Bonchev–Trinajstić information content (AvgIpc) is 2.41. The molecular formula is C14H11ClINO2. The van der Waals surface area contributed by atoms with Crippen LogP contribution in [0.25, 0.3) is 0 Å². The third kappa shape index (κ3) is 3.84. The molecule has 0 unspecified atom stereocenters. The highest BCUT2D eigenvalue weighted by Crippen LogP contribution is 2.20. The van der Waals surface area contributed by atoms with Crippen LogP contribution in [0.4, 0.5) is 5.69 Å². The summed E-state index contributed by atoms with van der Waals surface area (Å²) < 4.78 is 6.35. The minimum Gasteiger partial charge on any atom is -0.457 e. The van der Waals surface area contributed by atoms with E-state index in [4.69, 9.17) is 22.1 Å². The molecule has 0 aliphatic heterocycles. The molecule has 2 N–H and O–H groups in total. The van der Waals surface area contributed by atoms with Gasteiger partial charge in [0.25, 0.3) is 0 Å². The van der Waals surface area contributed by atoms with Crippen molar-refractivity contribution in [1.82, 2.24) is 0 Å². The number of hydrogen-bond donors (Lipinski definition) is 1. The first-order valence-corrected chi connectivity index (χ1v) is 6.98. The molecular weight excluding hydrogens is 377 g/mol. The number of halogens is 2. The molecule has 0 aliphatic rings. The molecule has 0 bridgehead atoms. The topological polar surface area (TPSA) is 52.3 Å². The monoisotopic (exact) mass is 387 g/mol. The molecule has 0 fully saturated rings. The minimum absolute atomic E-state index is 0.234. The first-order chi connectivity index (χ1) is 9.06. The second-order valence-electron chi connectivity index (χ2n) is 3.94. The smallest absolute Gasteiger partial charge is 0.338 e. The standard InChI is InChI=1S/C14H11ClINO2/c15-12-7-10(3-6-13(12)17)14(18)19-8-9-1-4-11(16)5-2-9/h1-7H,8,17H2. The van der Waals surface area contributed by atoms with Crippen LogP contribution in [0.5, 0.6) is 0 Å². The Labute approximate surface area is 129 Å². The van der Waals surface area contributed by atoms with E-state index in [2.05, 4.69) is 22.6 Å². The molecule has 0 saturated heterocycles. The van der Waals surface area contributed by atoms with Crippen molar-refractivity contribution in [2.45, 2.75) is 6.61 Å². The van der Waals surface area contributed by atoms with E-state index in [0.717, 1.165) is 9.13 Å². The molecule has 0 radical (unpaired) electrons. The molecule has 98 valence electrons. The lowest BCUT2D eigenvalue weighted by molar-refractivity contribution is 0.0473. The van der Waals surface area contributed by atoms with Crippen LogP contribution in [0.1, 0.15) is 15.9 Å². The molecule has 5 heteroatoms. The van der Waals surface area contributed by atoms with Crippen LogP contribution in [0.2, 0.25) is 5.02 Å². The molecule has 0 atom stereocenters. The SMILES string of the molecule is Nc1ccc(C(=O)OCc2ccc(I)cc2)cc1Cl. The van der Waals surface area contributed by atoms with Gasteiger partial charge in [-0.2, -0.15) is 0 Å². The number of hydrogen-bond acceptors (Lipinski definition) is 3. The highest BCUT2D eigenvalue weighted by Gasteiger charge is 2.09. The number of anilines is 1. The maximum Gasteiger partial charge on any atom is 0.338 e. The zero-order chi connectivity index (χ0) is 13.8. The van der Waals surface area contributed by atoms with Gasteiger partial charge in [0.2, 0.25) is 0 Å². The quantitative estimate of drug-likeness (QED) is 0.494. The molecule has 3 nitrogen and oxygen atoms in total. The van der Waals surface area contributed by atoms with Crippen molar-refractivity contribution in [1.29, 1.82) is 0 Å². The summed E-state index contributed by atoms with van der Waals surface area (Å²) in [7, 11) is 0. The minimum atomic E-state index is -0.416. The maximum atomic E-state index is 11.8. The maximum absolute atomic E-state index is 11.8. The Bertz CT molecular complexity index is 599. The van der Waals surface area contributed by atoms with Crippen LogP contribution >= 0.6 is 34.2 Å². The summed E-state index contributed by atoms with van der Waals surface area (Å²) in [6.07, 6.45) is 0. The van der Waals surface area contributed by atoms with Gasteiger partial charge in [-0.25, -0.2) is 4.79 Å². The third-order valence-corrected chi connectivity index (χ3v) is 3.57. The second-order valence-corrected chi connectivity index (χ2v) is 5.59. The third-order valence-electron chi connectivity index (χ3n) is 2.52. The van der Waals surface area contributed by atoms with E-state index in [9.17, 15) is 4.79 Å². The number of nitrogens with two attached hydrogens (primary N) is 1. The highest BCUT2D eigenvalue weighted by atomic mass is 127. The lowest BCUT2D eigenvalue weighted by Crippen LogP contribution is -2.05. The van der Waals surface area contributed by atoms with Crippen molar-refractivity contribution in [3.8, 4) is 0 Å². The van der Waals surface area contributed by atoms with Gasteiger partial charge in [0.05, 0.1) is 16.3 Å². The number of rotatable bonds is 3. The molecule has 0 aromatic heterocycles. The van der Waals surface area contributed by atoms with Crippen LogP contribution in [0.15, 0.2) is 42.5 Å². The molecule has 19 heavy (non-hydrogen) atoms. The Balaban J connectivity index is 2.01. The summed E-state index contributed by atoms with van der Waals surface area (Å²) in [5.74, 6) is -0.416. The van der Waals surface area contributed by atoms with E-state index in [1.165, 1.54) is 6.07 Å². The summed E-state index contributed by atoms with van der Waals surface area (Å²) >= 11 is 8.08. The number of carbonyl (C=O) groups is 1. The fraction of sp³-hybridized carbons (Fsp3) is 0.0714. The molecule has 0 saturated carbocycles. The lowest BCUT2D eigenvalue weighted by atomic mass is 10.2. The Morgan fingerprint density at radius 3 is 2.53 bits per heavy atom. The van der Waals surface area contributed by atoms with Gasteiger partial charge in [0, 0.05) is 3.57 Å². The average molecular weight is 388 g/mol. The van der Waals surface area contributed by atoms with Gasteiger partial charge in [-0.3, -0.25) is 0 Å². The molecule has 0 aliphatic carbocycles. The van der Waals surface area contributed by atoms with Crippen molar-refractivity contribution in [3.05, 3.63) is 62.2 Å². The summed E-state index contributed by atoms with van der Waals surface area (Å²) in [6.45, 7) is 0.234. The van der Waals surface area contributed by atoms with Crippen molar-refractivity contribution in [2.75, 3.05) is 5.73 Å². The highest BCUT2D eigenvalue weighted by molar-refractivity contribution is 14.1. The molecule has 0 amide bonds. The normalized spacial score (nSPS) is 10.2. The van der Waals surface area contributed by atoms with Crippen LogP contribution in [0, 0.1) is 3.57 Å². The van der Waals surface area contributed by atoms with E-state index in [1.54, 1.807) is 12.1 Å². The van der Waals surface area contributed by atoms with E-state index in [1.807, 2.05) is 24.3 Å². The zero-order valence-electron chi connectivity index (χ0n) is 9.90. The Hall–Kier alpha value is -1.27. The van der Waals surface area contributed by atoms with Gasteiger partial charge in [0.15, 0.2) is 0 Å².